The average Bonchev–Trinajstić information content (AvgIpc) is 2.93. The molecule has 0 aliphatic carbocycles. The first kappa shape index (κ1) is 31.8. The summed E-state index contributed by atoms with van der Waals surface area (Å²) in [5, 5.41) is 2.90. The molecule has 0 spiro atoms. The maximum absolute atomic E-state index is 14.1. The predicted molar refractivity (Wildman–Crippen MR) is 161 cm³/mol. The van der Waals surface area contributed by atoms with E-state index in [1.54, 1.807) is 50.2 Å². The predicted octanol–water partition coefficient (Wildman–Crippen LogP) is 5.67. The summed E-state index contributed by atoms with van der Waals surface area (Å²) in [6.07, 6.45) is 2.01. The van der Waals surface area contributed by atoms with Gasteiger partial charge in [-0.05, 0) is 75.1 Å². The first-order chi connectivity index (χ1) is 19.5. The largest absolute Gasteiger partial charge is 0.354 e. The van der Waals surface area contributed by atoms with Gasteiger partial charge in [0.2, 0.25) is 11.8 Å². The van der Waals surface area contributed by atoms with Crippen LogP contribution in [0, 0.1) is 26.6 Å². The van der Waals surface area contributed by atoms with Gasteiger partial charge in [-0.3, -0.25) is 13.9 Å². The fourth-order valence-corrected chi connectivity index (χ4v) is 6.13. The number of nitrogens with one attached hydrogen (secondary N) is 1. The fraction of sp³-hybridized carbons (Fsp3) is 0.375. The topological polar surface area (TPSA) is 86.8 Å². The Morgan fingerprint density at radius 1 is 0.902 bits per heavy atom. The molecule has 1 N–H and O–H groups in total. The normalized spacial score (nSPS) is 12.0. The Balaban J connectivity index is 2.06. The standard InChI is InChI=1S/C32H40FN3O4S/c1-6-8-19-34-32(38)29(7-2)35(21-26-12-14-27(33)15-13-26)31(37)22-36(30-18-11-24(4)20-25(30)5)41(39,40)28-16-9-23(3)10-17-28/h9-18,20,29H,6-8,19,21-22H2,1-5H3,(H,34,38)/t29-/m0/s1. The molecule has 0 radical (unpaired) electrons. The number of carbonyl (C=O) groups is 2. The SMILES string of the molecule is CCCCNC(=O)[C@H](CC)N(Cc1ccc(F)cc1)C(=O)CN(c1ccc(C)cc1C)S(=O)(=O)c1ccc(C)cc1. The number of carbonyl (C=O) groups excluding carboxylic acids is 2. The molecule has 0 aliphatic heterocycles. The number of aryl methyl sites for hydroxylation is 3. The Morgan fingerprint density at radius 2 is 1.54 bits per heavy atom. The van der Waals surface area contributed by atoms with E-state index >= 15 is 0 Å². The van der Waals surface area contributed by atoms with Gasteiger partial charge in [-0.1, -0.05) is 67.8 Å². The van der Waals surface area contributed by atoms with E-state index in [1.165, 1.54) is 29.2 Å². The summed E-state index contributed by atoms with van der Waals surface area (Å²) in [4.78, 5) is 28.8. The van der Waals surface area contributed by atoms with Crippen molar-refractivity contribution in [3.05, 3.63) is 94.8 Å². The van der Waals surface area contributed by atoms with Crippen molar-refractivity contribution in [1.29, 1.82) is 0 Å². The zero-order chi connectivity index (χ0) is 30.2. The molecule has 0 aliphatic rings. The van der Waals surface area contributed by atoms with Crippen LogP contribution in [-0.2, 0) is 26.2 Å². The third-order valence-electron chi connectivity index (χ3n) is 6.99. The smallest absolute Gasteiger partial charge is 0.264 e. The second kappa shape index (κ2) is 14.3. The highest BCUT2D eigenvalue weighted by atomic mass is 32.2. The lowest BCUT2D eigenvalue weighted by atomic mass is 10.1. The molecule has 0 bridgehead atoms. The monoisotopic (exact) mass is 581 g/mol. The van der Waals surface area contributed by atoms with Gasteiger partial charge in [-0.2, -0.15) is 0 Å². The van der Waals surface area contributed by atoms with Crippen molar-refractivity contribution in [1.82, 2.24) is 10.2 Å². The minimum Gasteiger partial charge on any atom is -0.354 e. The maximum atomic E-state index is 14.1. The summed E-state index contributed by atoms with van der Waals surface area (Å²) < 4.78 is 42.8. The van der Waals surface area contributed by atoms with E-state index in [9.17, 15) is 22.4 Å². The molecule has 0 saturated carbocycles. The average molecular weight is 582 g/mol. The Labute approximate surface area is 243 Å². The van der Waals surface area contributed by atoms with E-state index < -0.39 is 34.3 Å². The van der Waals surface area contributed by atoms with Crippen molar-refractivity contribution < 1.29 is 22.4 Å². The number of amides is 2. The fourth-order valence-electron chi connectivity index (χ4n) is 4.65. The molecule has 9 heteroatoms. The molecule has 220 valence electrons. The summed E-state index contributed by atoms with van der Waals surface area (Å²) >= 11 is 0. The van der Waals surface area contributed by atoms with Crippen LogP contribution < -0.4 is 9.62 Å². The van der Waals surface area contributed by atoms with Crippen LogP contribution in [0.4, 0.5) is 10.1 Å². The molecule has 0 fully saturated rings. The van der Waals surface area contributed by atoms with Gasteiger partial charge in [-0.25, -0.2) is 12.8 Å². The van der Waals surface area contributed by atoms with E-state index in [2.05, 4.69) is 5.32 Å². The number of sulfonamides is 1. The van der Waals surface area contributed by atoms with Gasteiger partial charge in [0.25, 0.3) is 10.0 Å². The Morgan fingerprint density at radius 3 is 2.12 bits per heavy atom. The highest BCUT2D eigenvalue weighted by Crippen LogP contribution is 2.28. The lowest BCUT2D eigenvalue weighted by molar-refractivity contribution is -0.140. The number of anilines is 1. The molecule has 41 heavy (non-hydrogen) atoms. The van der Waals surface area contributed by atoms with E-state index in [0.29, 0.717) is 29.8 Å². The van der Waals surface area contributed by atoms with Gasteiger partial charge < -0.3 is 10.2 Å². The van der Waals surface area contributed by atoms with E-state index in [-0.39, 0.29) is 17.3 Å². The molecule has 1 atom stereocenters. The quantitative estimate of drug-likeness (QED) is 0.264. The number of halogens is 1. The van der Waals surface area contributed by atoms with Gasteiger partial charge in [0, 0.05) is 13.1 Å². The van der Waals surface area contributed by atoms with Crippen molar-refractivity contribution >= 4 is 27.5 Å². The molecule has 2 amide bonds. The van der Waals surface area contributed by atoms with E-state index in [1.807, 2.05) is 26.8 Å². The third kappa shape index (κ3) is 8.16. The third-order valence-corrected chi connectivity index (χ3v) is 8.76. The van der Waals surface area contributed by atoms with Gasteiger partial charge in [-0.15, -0.1) is 0 Å². The number of nitrogens with zero attached hydrogens (tertiary/aromatic N) is 2. The van der Waals surface area contributed by atoms with E-state index in [0.717, 1.165) is 28.3 Å². The van der Waals surface area contributed by atoms with Crippen molar-refractivity contribution in [3.63, 3.8) is 0 Å². The molecule has 7 nitrogen and oxygen atoms in total. The van der Waals surface area contributed by atoms with Crippen LogP contribution >= 0.6 is 0 Å². The number of unbranched alkanes of at least 4 members (excludes halogenated alkanes) is 1. The van der Waals surface area contributed by atoms with Gasteiger partial charge in [0.05, 0.1) is 10.6 Å². The van der Waals surface area contributed by atoms with Crippen LogP contribution in [0.1, 0.15) is 55.4 Å². The minimum atomic E-state index is -4.15. The van der Waals surface area contributed by atoms with Crippen LogP contribution in [0.2, 0.25) is 0 Å². The lowest BCUT2D eigenvalue weighted by Gasteiger charge is -2.33. The van der Waals surface area contributed by atoms with Crippen LogP contribution in [0.3, 0.4) is 0 Å². The highest BCUT2D eigenvalue weighted by Gasteiger charge is 2.34. The molecule has 0 heterocycles. The number of rotatable bonds is 13. The first-order valence-corrected chi connectivity index (χ1v) is 15.4. The molecule has 0 saturated heterocycles. The first-order valence-electron chi connectivity index (χ1n) is 14.0. The molecular weight excluding hydrogens is 541 g/mol. The van der Waals surface area contributed by atoms with Gasteiger partial charge >= 0.3 is 0 Å². The lowest BCUT2D eigenvalue weighted by Crippen LogP contribution is -2.52. The Kier molecular flexibility index (Phi) is 11.1. The van der Waals surface area contributed by atoms with Crippen LogP contribution in [-0.4, -0.2) is 44.3 Å². The van der Waals surface area contributed by atoms with Crippen molar-refractivity contribution in [2.45, 2.75) is 71.4 Å². The molecule has 0 aromatic heterocycles. The van der Waals surface area contributed by atoms with Crippen LogP contribution in [0.25, 0.3) is 0 Å². The zero-order valence-corrected chi connectivity index (χ0v) is 25.3. The van der Waals surface area contributed by atoms with Crippen LogP contribution in [0.15, 0.2) is 71.6 Å². The number of hydrogen-bond acceptors (Lipinski definition) is 4. The summed E-state index contributed by atoms with van der Waals surface area (Å²) in [5.41, 5.74) is 3.56. The number of hydrogen-bond donors (Lipinski definition) is 1. The van der Waals surface area contributed by atoms with Gasteiger partial charge in [0.15, 0.2) is 0 Å². The second-order valence-electron chi connectivity index (χ2n) is 10.3. The molecule has 3 aromatic rings. The highest BCUT2D eigenvalue weighted by molar-refractivity contribution is 7.92. The van der Waals surface area contributed by atoms with Gasteiger partial charge in [0.1, 0.15) is 18.4 Å². The van der Waals surface area contributed by atoms with Crippen LogP contribution in [0.5, 0.6) is 0 Å². The molecule has 0 unspecified atom stereocenters. The second-order valence-corrected chi connectivity index (χ2v) is 12.2. The van der Waals surface area contributed by atoms with Crippen molar-refractivity contribution in [2.24, 2.45) is 0 Å². The summed E-state index contributed by atoms with van der Waals surface area (Å²) in [5.74, 6) is -1.26. The van der Waals surface area contributed by atoms with Crippen molar-refractivity contribution in [3.8, 4) is 0 Å². The molecular formula is C32H40FN3O4S. The zero-order valence-electron chi connectivity index (χ0n) is 24.5. The summed E-state index contributed by atoms with van der Waals surface area (Å²) in [6.45, 7) is 9.38. The number of benzene rings is 3. The van der Waals surface area contributed by atoms with E-state index in [4.69, 9.17) is 0 Å². The Bertz CT molecular complexity index is 1440. The molecule has 3 rings (SSSR count). The maximum Gasteiger partial charge on any atom is 0.264 e. The molecule has 3 aromatic carbocycles. The Hall–Kier alpha value is -3.72. The summed E-state index contributed by atoms with van der Waals surface area (Å²) in [7, 11) is -4.15. The minimum absolute atomic E-state index is 0.0180. The summed E-state index contributed by atoms with van der Waals surface area (Å²) in [6, 6.07) is 16.7. The van der Waals surface area contributed by atoms with Crippen molar-refractivity contribution in [2.75, 3.05) is 17.4 Å².